The minimum atomic E-state index is -0.221. The second-order valence-electron chi connectivity index (χ2n) is 8.13. The Morgan fingerprint density at radius 2 is 1.91 bits per heavy atom. The summed E-state index contributed by atoms with van der Waals surface area (Å²) in [4.78, 5) is 16.6. The smallest absolute Gasteiger partial charge is 0.169 e. The van der Waals surface area contributed by atoms with Gasteiger partial charge in [-0.1, -0.05) is 24.3 Å². The topological polar surface area (TPSA) is 44.8 Å². The van der Waals surface area contributed by atoms with Crippen LogP contribution in [-0.2, 0) is 19.5 Å². The molecule has 1 N–H and O–H groups in total. The Morgan fingerprint density at radius 3 is 2.75 bits per heavy atom. The SMILES string of the molecule is Fc1ccc(-c2[nH]c3ccccc3c2CN2CCc3nc(-c4cccs4)ncc3C2)cc1. The van der Waals surface area contributed by atoms with Crippen molar-refractivity contribution in [3.8, 4) is 22.0 Å². The van der Waals surface area contributed by atoms with Crippen molar-refractivity contribution in [2.45, 2.75) is 19.5 Å². The van der Waals surface area contributed by atoms with Crippen LogP contribution in [0.3, 0.4) is 0 Å². The van der Waals surface area contributed by atoms with Crippen molar-refractivity contribution in [1.29, 1.82) is 0 Å². The molecule has 1 aliphatic rings. The Kier molecular flexibility index (Phi) is 4.82. The van der Waals surface area contributed by atoms with Crippen molar-refractivity contribution in [1.82, 2.24) is 19.9 Å². The average Bonchev–Trinajstić information content (AvgIpc) is 3.48. The highest BCUT2D eigenvalue weighted by molar-refractivity contribution is 7.13. The standard InChI is InChI=1S/C26H21FN4S/c27-19-9-7-17(8-10-19)25-21(20-4-1-2-5-23(20)29-25)16-31-12-11-22-18(15-31)14-28-26(30-22)24-6-3-13-32-24/h1-10,13-14,29H,11-12,15-16H2. The molecule has 0 spiro atoms. The van der Waals surface area contributed by atoms with Crippen molar-refractivity contribution < 1.29 is 4.39 Å². The lowest BCUT2D eigenvalue weighted by Gasteiger charge is -2.28. The summed E-state index contributed by atoms with van der Waals surface area (Å²) in [5, 5.41) is 3.27. The summed E-state index contributed by atoms with van der Waals surface area (Å²) < 4.78 is 13.5. The van der Waals surface area contributed by atoms with Crippen molar-refractivity contribution in [3.05, 3.63) is 94.9 Å². The van der Waals surface area contributed by atoms with Crippen LogP contribution in [0.25, 0.3) is 32.9 Å². The van der Waals surface area contributed by atoms with E-state index in [0.717, 1.165) is 59.2 Å². The van der Waals surface area contributed by atoms with Gasteiger partial charge in [0.15, 0.2) is 5.82 Å². The minimum absolute atomic E-state index is 0.221. The minimum Gasteiger partial charge on any atom is -0.354 e. The molecule has 0 atom stereocenters. The summed E-state index contributed by atoms with van der Waals surface area (Å²) >= 11 is 1.67. The maximum atomic E-state index is 13.5. The molecule has 3 aromatic heterocycles. The molecule has 2 aromatic carbocycles. The number of nitrogens with one attached hydrogen (secondary N) is 1. The second-order valence-corrected chi connectivity index (χ2v) is 9.08. The molecular weight excluding hydrogens is 419 g/mol. The lowest BCUT2D eigenvalue weighted by atomic mass is 10.0. The van der Waals surface area contributed by atoms with Crippen LogP contribution in [-0.4, -0.2) is 26.4 Å². The van der Waals surface area contributed by atoms with Crippen LogP contribution >= 0.6 is 11.3 Å². The third-order valence-corrected chi connectivity index (χ3v) is 6.95. The van der Waals surface area contributed by atoms with Crippen LogP contribution in [0, 0.1) is 5.82 Å². The number of nitrogens with zero attached hydrogens (tertiary/aromatic N) is 3. The first kappa shape index (κ1) is 19.3. The van der Waals surface area contributed by atoms with Gasteiger partial charge >= 0.3 is 0 Å². The highest BCUT2D eigenvalue weighted by Gasteiger charge is 2.22. The van der Waals surface area contributed by atoms with Crippen molar-refractivity contribution in [3.63, 3.8) is 0 Å². The number of hydrogen-bond acceptors (Lipinski definition) is 4. The summed E-state index contributed by atoms with van der Waals surface area (Å²) in [5.41, 5.74) is 6.74. The Balaban J connectivity index is 1.32. The Hall–Kier alpha value is -3.35. The third kappa shape index (κ3) is 3.51. The summed E-state index contributed by atoms with van der Waals surface area (Å²) in [6.45, 7) is 2.57. The molecule has 0 aliphatic carbocycles. The summed E-state index contributed by atoms with van der Waals surface area (Å²) in [6, 6.07) is 19.2. The number of fused-ring (bicyclic) bond motifs is 2. The van der Waals surface area contributed by atoms with E-state index in [-0.39, 0.29) is 5.82 Å². The van der Waals surface area contributed by atoms with E-state index in [1.54, 1.807) is 11.3 Å². The van der Waals surface area contributed by atoms with Gasteiger partial charge < -0.3 is 4.98 Å². The van der Waals surface area contributed by atoms with Crippen LogP contribution in [0.5, 0.6) is 0 Å². The molecule has 0 bridgehead atoms. The van der Waals surface area contributed by atoms with Gasteiger partial charge in [0.05, 0.1) is 16.3 Å². The second kappa shape index (κ2) is 7.97. The van der Waals surface area contributed by atoms with Gasteiger partial charge in [0.2, 0.25) is 0 Å². The largest absolute Gasteiger partial charge is 0.354 e. The first-order valence-corrected chi connectivity index (χ1v) is 11.6. The first-order chi connectivity index (χ1) is 15.7. The Labute approximate surface area is 189 Å². The van der Waals surface area contributed by atoms with Gasteiger partial charge in [-0.3, -0.25) is 4.90 Å². The first-order valence-electron chi connectivity index (χ1n) is 10.7. The fourth-order valence-corrected chi connectivity index (χ4v) is 5.15. The molecular formula is C26H21FN4S. The van der Waals surface area contributed by atoms with Gasteiger partial charge in [-0.2, -0.15) is 0 Å². The van der Waals surface area contributed by atoms with Gasteiger partial charge in [0, 0.05) is 48.7 Å². The molecule has 0 saturated heterocycles. The quantitative estimate of drug-likeness (QED) is 0.370. The van der Waals surface area contributed by atoms with Crippen molar-refractivity contribution in [2.75, 3.05) is 6.54 Å². The molecule has 0 unspecified atom stereocenters. The molecule has 32 heavy (non-hydrogen) atoms. The number of para-hydroxylation sites is 1. The molecule has 4 heterocycles. The molecule has 5 aromatic rings. The zero-order valence-corrected chi connectivity index (χ0v) is 18.2. The Morgan fingerprint density at radius 1 is 1.03 bits per heavy atom. The molecule has 0 radical (unpaired) electrons. The van der Waals surface area contributed by atoms with Gasteiger partial charge in [-0.25, -0.2) is 14.4 Å². The summed E-state index contributed by atoms with van der Waals surface area (Å²) in [5.74, 6) is 0.600. The van der Waals surface area contributed by atoms with E-state index in [9.17, 15) is 4.39 Å². The van der Waals surface area contributed by atoms with E-state index in [0.29, 0.717) is 0 Å². The maximum absolute atomic E-state index is 13.5. The molecule has 6 rings (SSSR count). The van der Waals surface area contributed by atoms with E-state index < -0.39 is 0 Å². The number of benzene rings is 2. The molecule has 0 amide bonds. The lowest BCUT2D eigenvalue weighted by molar-refractivity contribution is 0.244. The lowest BCUT2D eigenvalue weighted by Crippen LogP contribution is -2.31. The van der Waals surface area contributed by atoms with Gasteiger partial charge in [-0.05, 0) is 52.9 Å². The number of hydrogen-bond donors (Lipinski definition) is 1. The van der Waals surface area contributed by atoms with Gasteiger partial charge in [-0.15, -0.1) is 11.3 Å². The van der Waals surface area contributed by atoms with E-state index in [2.05, 4.69) is 44.5 Å². The predicted octanol–water partition coefficient (Wildman–Crippen LogP) is 6.05. The summed E-state index contributed by atoms with van der Waals surface area (Å²) in [7, 11) is 0. The number of aromatic amines is 1. The van der Waals surface area contributed by atoms with Crippen LogP contribution in [0.1, 0.15) is 16.8 Å². The monoisotopic (exact) mass is 440 g/mol. The number of rotatable bonds is 4. The van der Waals surface area contributed by atoms with Crippen LogP contribution < -0.4 is 0 Å². The molecule has 4 nitrogen and oxygen atoms in total. The molecule has 6 heteroatoms. The number of H-pyrrole nitrogens is 1. The van der Waals surface area contributed by atoms with Crippen molar-refractivity contribution in [2.24, 2.45) is 0 Å². The fourth-order valence-electron chi connectivity index (χ4n) is 4.48. The van der Waals surface area contributed by atoms with E-state index in [1.807, 2.05) is 30.5 Å². The number of halogens is 1. The van der Waals surface area contributed by atoms with Crippen LogP contribution in [0.4, 0.5) is 4.39 Å². The summed E-state index contributed by atoms with van der Waals surface area (Å²) in [6.07, 6.45) is 2.89. The van der Waals surface area contributed by atoms with Crippen LogP contribution in [0.15, 0.2) is 72.2 Å². The highest BCUT2D eigenvalue weighted by atomic mass is 32.1. The van der Waals surface area contributed by atoms with Crippen LogP contribution in [0.2, 0.25) is 0 Å². The molecule has 0 saturated carbocycles. The third-order valence-electron chi connectivity index (χ3n) is 6.08. The van der Waals surface area contributed by atoms with E-state index >= 15 is 0 Å². The number of thiophene rings is 1. The van der Waals surface area contributed by atoms with E-state index in [4.69, 9.17) is 4.98 Å². The maximum Gasteiger partial charge on any atom is 0.169 e. The van der Waals surface area contributed by atoms with E-state index in [1.165, 1.54) is 28.6 Å². The highest BCUT2D eigenvalue weighted by Crippen LogP contribution is 2.33. The van der Waals surface area contributed by atoms with Gasteiger partial charge in [0.1, 0.15) is 5.82 Å². The number of aromatic nitrogens is 3. The Bertz CT molecular complexity index is 1390. The van der Waals surface area contributed by atoms with Gasteiger partial charge in [0.25, 0.3) is 0 Å². The molecule has 158 valence electrons. The normalized spacial score (nSPS) is 14.0. The molecule has 1 aliphatic heterocycles. The predicted molar refractivity (Wildman–Crippen MR) is 127 cm³/mol. The zero-order chi connectivity index (χ0) is 21.5. The average molecular weight is 441 g/mol. The fraction of sp³-hybridized carbons (Fsp3) is 0.154. The molecule has 0 fully saturated rings. The zero-order valence-electron chi connectivity index (χ0n) is 17.4. The van der Waals surface area contributed by atoms with Crippen molar-refractivity contribution >= 4 is 22.2 Å².